The summed E-state index contributed by atoms with van der Waals surface area (Å²) in [6, 6.07) is 17.4. The number of carboxylic acid groups (broad SMARTS) is 1. The summed E-state index contributed by atoms with van der Waals surface area (Å²) in [4.78, 5) is 19.2. The van der Waals surface area contributed by atoms with E-state index in [1.165, 1.54) is 0 Å². The molecular weight excluding hydrogens is 288 g/mol. The van der Waals surface area contributed by atoms with E-state index in [4.69, 9.17) is 0 Å². The highest BCUT2D eigenvalue weighted by Crippen LogP contribution is 2.32. The summed E-state index contributed by atoms with van der Waals surface area (Å²) in [5.41, 5.74) is 4.57. The van der Waals surface area contributed by atoms with Crippen LogP contribution in [0.4, 0.5) is 0 Å². The smallest absolute Gasteiger partial charge is 0.354 e. The minimum Gasteiger partial charge on any atom is -0.477 e. The van der Waals surface area contributed by atoms with Crippen LogP contribution in [0.15, 0.2) is 54.6 Å². The summed E-state index contributed by atoms with van der Waals surface area (Å²) in [6.45, 7) is 2.01. The maximum Gasteiger partial charge on any atom is 0.354 e. The number of fused-ring (bicyclic) bond motifs is 3. The lowest BCUT2D eigenvalue weighted by molar-refractivity contribution is 0.0691. The molecule has 4 nitrogen and oxygen atoms in total. The van der Waals surface area contributed by atoms with E-state index in [1.807, 2.05) is 55.5 Å². The molecule has 2 aromatic heterocycles. The van der Waals surface area contributed by atoms with Gasteiger partial charge in [-0.15, -0.1) is 0 Å². The SMILES string of the molecule is Cc1cccc(-c2nc(C(=O)O)cc3c2[nH]c2ccccc23)c1. The Morgan fingerprint density at radius 2 is 1.87 bits per heavy atom. The highest BCUT2D eigenvalue weighted by atomic mass is 16.4. The number of carboxylic acids is 1. The van der Waals surface area contributed by atoms with Crippen molar-refractivity contribution in [3.8, 4) is 11.3 Å². The van der Waals surface area contributed by atoms with Crippen molar-refractivity contribution in [2.75, 3.05) is 0 Å². The number of benzene rings is 2. The molecule has 0 aliphatic rings. The lowest BCUT2D eigenvalue weighted by Crippen LogP contribution is -2.01. The second-order valence-corrected chi connectivity index (χ2v) is 5.62. The van der Waals surface area contributed by atoms with Crippen molar-refractivity contribution < 1.29 is 9.90 Å². The first kappa shape index (κ1) is 13.5. The summed E-state index contributed by atoms with van der Waals surface area (Å²) in [7, 11) is 0. The number of H-pyrrole nitrogens is 1. The lowest BCUT2D eigenvalue weighted by Gasteiger charge is -2.06. The zero-order valence-electron chi connectivity index (χ0n) is 12.5. The van der Waals surface area contributed by atoms with Gasteiger partial charge in [0.15, 0.2) is 0 Å². The normalized spacial score (nSPS) is 11.2. The molecule has 0 saturated heterocycles. The topological polar surface area (TPSA) is 66.0 Å². The fourth-order valence-corrected chi connectivity index (χ4v) is 2.96. The summed E-state index contributed by atoms with van der Waals surface area (Å²) in [5.74, 6) is -1.02. The zero-order valence-corrected chi connectivity index (χ0v) is 12.5. The molecule has 0 amide bonds. The van der Waals surface area contributed by atoms with Gasteiger partial charge in [0.05, 0.1) is 11.2 Å². The third kappa shape index (κ3) is 2.16. The Hall–Kier alpha value is -3.14. The Morgan fingerprint density at radius 3 is 2.65 bits per heavy atom. The molecule has 4 aromatic rings. The van der Waals surface area contributed by atoms with Crippen molar-refractivity contribution in [1.82, 2.24) is 9.97 Å². The summed E-state index contributed by atoms with van der Waals surface area (Å²) in [5, 5.41) is 11.3. The maximum atomic E-state index is 11.5. The van der Waals surface area contributed by atoms with Crippen LogP contribution < -0.4 is 0 Å². The van der Waals surface area contributed by atoms with Crippen LogP contribution in [0.5, 0.6) is 0 Å². The van der Waals surface area contributed by atoms with Crippen LogP contribution in [0.2, 0.25) is 0 Å². The highest BCUT2D eigenvalue weighted by Gasteiger charge is 2.16. The molecule has 0 aliphatic carbocycles. The van der Waals surface area contributed by atoms with Crippen LogP contribution >= 0.6 is 0 Å². The number of nitrogens with one attached hydrogen (secondary N) is 1. The Kier molecular flexibility index (Phi) is 2.91. The van der Waals surface area contributed by atoms with Crippen LogP contribution in [0.1, 0.15) is 16.1 Å². The predicted molar refractivity (Wildman–Crippen MR) is 90.7 cm³/mol. The fourth-order valence-electron chi connectivity index (χ4n) is 2.96. The van der Waals surface area contributed by atoms with Gasteiger partial charge in [0.25, 0.3) is 0 Å². The van der Waals surface area contributed by atoms with Crippen molar-refractivity contribution in [2.45, 2.75) is 6.92 Å². The molecule has 0 fully saturated rings. The first-order valence-corrected chi connectivity index (χ1v) is 7.35. The van der Waals surface area contributed by atoms with E-state index < -0.39 is 5.97 Å². The Labute approximate surface area is 132 Å². The van der Waals surface area contributed by atoms with E-state index in [1.54, 1.807) is 6.07 Å². The molecule has 0 unspecified atom stereocenters. The standard InChI is InChI=1S/C19H14N2O2/c1-11-5-4-6-12(9-11)17-18-14(10-16(21-17)19(22)23)13-7-2-3-8-15(13)20-18/h2-10,20H,1H3,(H,22,23). The monoisotopic (exact) mass is 302 g/mol. The molecule has 4 rings (SSSR count). The molecule has 4 heteroatoms. The van der Waals surface area contributed by atoms with Crippen molar-refractivity contribution >= 4 is 27.8 Å². The van der Waals surface area contributed by atoms with Gasteiger partial charge in [-0.2, -0.15) is 0 Å². The molecule has 112 valence electrons. The van der Waals surface area contributed by atoms with Gasteiger partial charge in [-0.25, -0.2) is 9.78 Å². The van der Waals surface area contributed by atoms with Crippen molar-refractivity contribution in [3.05, 3.63) is 65.9 Å². The van der Waals surface area contributed by atoms with E-state index in [0.717, 1.165) is 32.9 Å². The maximum absolute atomic E-state index is 11.5. The number of para-hydroxylation sites is 1. The number of aromatic nitrogens is 2. The van der Waals surface area contributed by atoms with E-state index in [9.17, 15) is 9.90 Å². The number of aromatic amines is 1. The van der Waals surface area contributed by atoms with Crippen LogP contribution in [-0.4, -0.2) is 21.0 Å². The summed E-state index contributed by atoms with van der Waals surface area (Å²) < 4.78 is 0. The first-order chi connectivity index (χ1) is 11.1. The zero-order chi connectivity index (χ0) is 16.0. The molecule has 2 heterocycles. The van der Waals surface area contributed by atoms with E-state index >= 15 is 0 Å². The minimum atomic E-state index is -1.02. The number of pyridine rings is 1. The Bertz CT molecular complexity index is 1060. The van der Waals surface area contributed by atoms with E-state index in [0.29, 0.717) is 5.69 Å². The summed E-state index contributed by atoms with van der Waals surface area (Å²) >= 11 is 0. The molecule has 0 radical (unpaired) electrons. The number of aryl methyl sites for hydroxylation is 1. The fraction of sp³-hybridized carbons (Fsp3) is 0.0526. The van der Waals surface area contributed by atoms with E-state index in [-0.39, 0.29) is 5.69 Å². The number of rotatable bonds is 2. The largest absolute Gasteiger partial charge is 0.477 e. The number of carbonyl (C=O) groups is 1. The molecule has 0 spiro atoms. The van der Waals surface area contributed by atoms with Crippen LogP contribution in [0, 0.1) is 6.92 Å². The number of hydrogen-bond donors (Lipinski definition) is 2. The molecule has 0 atom stereocenters. The van der Waals surface area contributed by atoms with Gasteiger partial charge in [-0.1, -0.05) is 42.0 Å². The predicted octanol–water partition coefficient (Wildman–Crippen LogP) is 4.39. The average Bonchev–Trinajstić information content (AvgIpc) is 2.92. The molecule has 23 heavy (non-hydrogen) atoms. The van der Waals surface area contributed by atoms with Gasteiger partial charge in [0, 0.05) is 21.9 Å². The number of hydrogen-bond acceptors (Lipinski definition) is 2. The van der Waals surface area contributed by atoms with Crippen molar-refractivity contribution in [3.63, 3.8) is 0 Å². The molecule has 0 saturated carbocycles. The minimum absolute atomic E-state index is 0.0544. The van der Waals surface area contributed by atoms with Crippen LogP contribution in [0.25, 0.3) is 33.1 Å². The molecule has 2 aromatic carbocycles. The van der Waals surface area contributed by atoms with Crippen molar-refractivity contribution in [1.29, 1.82) is 0 Å². The third-order valence-electron chi connectivity index (χ3n) is 4.01. The average molecular weight is 302 g/mol. The van der Waals surface area contributed by atoms with Crippen molar-refractivity contribution in [2.24, 2.45) is 0 Å². The highest BCUT2D eigenvalue weighted by molar-refractivity contribution is 6.12. The van der Waals surface area contributed by atoms with Gasteiger partial charge in [0.1, 0.15) is 5.69 Å². The third-order valence-corrected chi connectivity index (χ3v) is 4.01. The van der Waals surface area contributed by atoms with Gasteiger partial charge in [0.2, 0.25) is 0 Å². The van der Waals surface area contributed by atoms with Crippen LogP contribution in [0.3, 0.4) is 0 Å². The number of nitrogens with zero attached hydrogens (tertiary/aromatic N) is 1. The molecule has 2 N–H and O–H groups in total. The summed E-state index contributed by atoms with van der Waals surface area (Å²) in [6.07, 6.45) is 0. The second kappa shape index (κ2) is 4.95. The Morgan fingerprint density at radius 1 is 1.04 bits per heavy atom. The molecule has 0 bridgehead atoms. The lowest BCUT2D eigenvalue weighted by atomic mass is 10.0. The van der Waals surface area contributed by atoms with Crippen LogP contribution in [-0.2, 0) is 0 Å². The Balaban J connectivity index is 2.15. The van der Waals surface area contributed by atoms with Gasteiger partial charge >= 0.3 is 5.97 Å². The quantitative estimate of drug-likeness (QED) is 0.577. The van der Waals surface area contributed by atoms with Gasteiger partial charge < -0.3 is 10.1 Å². The first-order valence-electron chi connectivity index (χ1n) is 7.35. The van der Waals surface area contributed by atoms with Gasteiger partial charge in [-0.3, -0.25) is 0 Å². The van der Waals surface area contributed by atoms with E-state index in [2.05, 4.69) is 9.97 Å². The molecule has 0 aliphatic heterocycles. The molecular formula is C19H14N2O2. The number of aromatic carboxylic acids is 1. The van der Waals surface area contributed by atoms with Gasteiger partial charge in [-0.05, 0) is 25.1 Å². The second-order valence-electron chi connectivity index (χ2n) is 5.62.